The topological polar surface area (TPSA) is 35.8 Å². The third-order valence-corrected chi connectivity index (χ3v) is 3.29. The van der Waals surface area contributed by atoms with E-state index in [0.29, 0.717) is 0 Å². The molecule has 1 rings (SSSR count). The first-order valence-corrected chi connectivity index (χ1v) is 5.77. The van der Waals surface area contributed by atoms with Crippen molar-refractivity contribution in [2.24, 2.45) is 0 Å². The van der Waals surface area contributed by atoms with Crippen LogP contribution < -0.4 is 5.32 Å². The van der Waals surface area contributed by atoms with Gasteiger partial charge in [0.05, 0.1) is 9.86 Å². The number of rotatable bonds is 4. The second-order valence-corrected chi connectivity index (χ2v) is 5.15. The van der Waals surface area contributed by atoms with E-state index >= 15 is 0 Å². The summed E-state index contributed by atoms with van der Waals surface area (Å²) < 4.78 is 1.07. The van der Waals surface area contributed by atoms with Crippen molar-refractivity contribution in [3.63, 3.8) is 0 Å². The first-order valence-electron chi connectivity index (χ1n) is 4.16. The summed E-state index contributed by atoms with van der Waals surface area (Å²) >= 11 is 4.98. The second kappa shape index (κ2) is 5.38. The highest BCUT2D eigenvalue weighted by Crippen LogP contribution is 2.26. The summed E-state index contributed by atoms with van der Waals surface area (Å²) in [7, 11) is 0. The molecule has 0 radical (unpaired) electrons. The van der Waals surface area contributed by atoms with Crippen molar-refractivity contribution in [3.8, 4) is 6.07 Å². The summed E-state index contributed by atoms with van der Waals surface area (Å²) in [5.74, 6) is 0. The SMILES string of the molecule is CCCNC(C#N)c1ccc(Br)s1. The molecule has 2 nitrogen and oxygen atoms in total. The van der Waals surface area contributed by atoms with Crippen molar-refractivity contribution in [2.75, 3.05) is 6.54 Å². The van der Waals surface area contributed by atoms with Gasteiger partial charge < -0.3 is 0 Å². The van der Waals surface area contributed by atoms with Gasteiger partial charge in [0.2, 0.25) is 0 Å². The lowest BCUT2D eigenvalue weighted by Crippen LogP contribution is -2.19. The van der Waals surface area contributed by atoms with Crippen LogP contribution in [0.25, 0.3) is 0 Å². The second-order valence-electron chi connectivity index (χ2n) is 2.66. The highest BCUT2D eigenvalue weighted by Gasteiger charge is 2.10. The maximum Gasteiger partial charge on any atom is 0.130 e. The van der Waals surface area contributed by atoms with E-state index in [9.17, 15) is 0 Å². The van der Waals surface area contributed by atoms with Crippen LogP contribution in [-0.4, -0.2) is 6.54 Å². The van der Waals surface area contributed by atoms with Crippen molar-refractivity contribution in [2.45, 2.75) is 19.4 Å². The van der Waals surface area contributed by atoms with Crippen LogP contribution in [0.15, 0.2) is 15.9 Å². The van der Waals surface area contributed by atoms with E-state index in [1.54, 1.807) is 11.3 Å². The Kier molecular flexibility index (Phi) is 4.43. The first kappa shape index (κ1) is 10.7. The zero-order valence-electron chi connectivity index (χ0n) is 7.38. The van der Waals surface area contributed by atoms with E-state index in [4.69, 9.17) is 5.26 Å². The highest BCUT2D eigenvalue weighted by atomic mass is 79.9. The van der Waals surface area contributed by atoms with Crippen molar-refractivity contribution in [1.29, 1.82) is 5.26 Å². The summed E-state index contributed by atoms with van der Waals surface area (Å²) in [5.41, 5.74) is 0. The van der Waals surface area contributed by atoms with Gasteiger partial charge in [0.25, 0.3) is 0 Å². The number of nitrogens with one attached hydrogen (secondary N) is 1. The van der Waals surface area contributed by atoms with Gasteiger partial charge >= 0.3 is 0 Å². The van der Waals surface area contributed by atoms with Crippen LogP contribution >= 0.6 is 27.3 Å². The van der Waals surface area contributed by atoms with Gasteiger partial charge in [0.15, 0.2) is 0 Å². The van der Waals surface area contributed by atoms with Crippen molar-refractivity contribution < 1.29 is 0 Å². The molecule has 1 heterocycles. The number of hydrogen-bond donors (Lipinski definition) is 1. The van der Waals surface area contributed by atoms with E-state index in [1.165, 1.54) is 0 Å². The Bertz CT molecular complexity index is 303. The molecule has 0 saturated heterocycles. The number of nitrogens with zero attached hydrogens (tertiary/aromatic N) is 1. The summed E-state index contributed by atoms with van der Waals surface area (Å²) in [6.45, 7) is 2.97. The Hall–Kier alpha value is -0.370. The molecular formula is C9H11BrN2S. The Morgan fingerprint density at radius 1 is 1.69 bits per heavy atom. The van der Waals surface area contributed by atoms with Gasteiger partial charge in [-0.05, 0) is 41.0 Å². The monoisotopic (exact) mass is 258 g/mol. The Labute approximate surface area is 90.7 Å². The van der Waals surface area contributed by atoms with Crippen LogP contribution in [0.5, 0.6) is 0 Å². The molecule has 0 saturated carbocycles. The average molecular weight is 259 g/mol. The number of halogens is 1. The van der Waals surface area contributed by atoms with Gasteiger partial charge in [-0.1, -0.05) is 6.92 Å². The molecule has 70 valence electrons. The average Bonchev–Trinajstić information content (AvgIpc) is 2.54. The fraction of sp³-hybridized carbons (Fsp3) is 0.444. The number of hydrogen-bond acceptors (Lipinski definition) is 3. The van der Waals surface area contributed by atoms with Crippen LogP contribution in [-0.2, 0) is 0 Å². The number of thiophene rings is 1. The predicted octanol–water partition coefficient (Wildman–Crippen LogP) is 3.07. The molecule has 0 fully saturated rings. The third kappa shape index (κ3) is 3.11. The van der Waals surface area contributed by atoms with Crippen LogP contribution in [0.4, 0.5) is 0 Å². The van der Waals surface area contributed by atoms with Crippen molar-refractivity contribution in [1.82, 2.24) is 5.32 Å². The summed E-state index contributed by atoms with van der Waals surface area (Å²) in [6.07, 6.45) is 1.05. The molecule has 0 amide bonds. The zero-order valence-corrected chi connectivity index (χ0v) is 9.78. The predicted molar refractivity (Wildman–Crippen MR) is 58.7 cm³/mol. The van der Waals surface area contributed by atoms with E-state index in [2.05, 4.69) is 34.2 Å². The molecule has 1 unspecified atom stereocenters. The minimum atomic E-state index is -0.156. The van der Waals surface area contributed by atoms with Crippen LogP contribution in [0, 0.1) is 11.3 Å². The van der Waals surface area contributed by atoms with E-state index in [-0.39, 0.29) is 6.04 Å². The fourth-order valence-electron chi connectivity index (χ4n) is 0.982. The number of nitriles is 1. The van der Waals surface area contributed by atoms with E-state index in [1.807, 2.05) is 12.1 Å². The van der Waals surface area contributed by atoms with Gasteiger partial charge in [-0.2, -0.15) is 5.26 Å². The Morgan fingerprint density at radius 2 is 2.46 bits per heavy atom. The molecule has 0 aliphatic heterocycles. The van der Waals surface area contributed by atoms with Crippen LogP contribution in [0.2, 0.25) is 0 Å². The van der Waals surface area contributed by atoms with Gasteiger partial charge in [-0.25, -0.2) is 0 Å². The largest absolute Gasteiger partial charge is 0.298 e. The van der Waals surface area contributed by atoms with Gasteiger partial charge in [0.1, 0.15) is 6.04 Å². The van der Waals surface area contributed by atoms with Crippen LogP contribution in [0.3, 0.4) is 0 Å². The van der Waals surface area contributed by atoms with Crippen molar-refractivity contribution >= 4 is 27.3 Å². The first-order chi connectivity index (χ1) is 6.27. The van der Waals surface area contributed by atoms with Crippen molar-refractivity contribution in [3.05, 3.63) is 20.8 Å². The summed E-state index contributed by atoms with van der Waals surface area (Å²) in [5, 5.41) is 12.1. The standard InChI is InChI=1S/C9H11BrN2S/c1-2-5-12-7(6-11)8-3-4-9(10)13-8/h3-4,7,12H,2,5H2,1H3. The molecule has 1 aromatic rings. The van der Waals surface area contributed by atoms with Gasteiger partial charge in [-0.3, -0.25) is 5.32 Å². The van der Waals surface area contributed by atoms with Gasteiger partial charge in [0, 0.05) is 4.88 Å². The zero-order chi connectivity index (χ0) is 9.68. The normalized spacial score (nSPS) is 12.4. The lowest BCUT2D eigenvalue weighted by molar-refractivity contribution is 0.628. The molecule has 1 N–H and O–H groups in total. The maximum absolute atomic E-state index is 8.89. The third-order valence-electron chi connectivity index (χ3n) is 1.61. The molecule has 4 heteroatoms. The smallest absolute Gasteiger partial charge is 0.130 e. The molecular weight excluding hydrogens is 248 g/mol. The molecule has 0 aliphatic carbocycles. The molecule has 1 aromatic heterocycles. The Morgan fingerprint density at radius 3 is 2.92 bits per heavy atom. The molecule has 0 bridgehead atoms. The minimum Gasteiger partial charge on any atom is -0.298 e. The van der Waals surface area contributed by atoms with Gasteiger partial charge in [-0.15, -0.1) is 11.3 Å². The highest BCUT2D eigenvalue weighted by molar-refractivity contribution is 9.11. The molecule has 0 aliphatic rings. The van der Waals surface area contributed by atoms with E-state index < -0.39 is 0 Å². The van der Waals surface area contributed by atoms with E-state index in [0.717, 1.165) is 21.6 Å². The molecule has 0 aromatic carbocycles. The van der Waals surface area contributed by atoms with Crippen LogP contribution in [0.1, 0.15) is 24.3 Å². The fourth-order valence-corrected chi connectivity index (χ4v) is 2.43. The lowest BCUT2D eigenvalue weighted by atomic mass is 10.2. The molecule has 1 atom stereocenters. The lowest BCUT2D eigenvalue weighted by Gasteiger charge is -2.07. The minimum absolute atomic E-state index is 0.156. The summed E-state index contributed by atoms with van der Waals surface area (Å²) in [6, 6.07) is 6.04. The molecule has 0 spiro atoms. The Balaban J connectivity index is 2.63. The quantitative estimate of drug-likeness (QED) is 0.901. The summed E-state index contributed by atoms with van der Waals surface area (Å²) in [4.78, 5) is 1.07. The maximum atomic E-state index is 8.89. The molecule has 13 heavy (non-hydrogen) atoms.